The van der Waals surface area contributed by atoms with Gasteiger partial charge in [-0.05, 0) is 29.6 Å². The molecule has 0 radical (unpaired) electrons. The normalized spacial score (nSPS) is 10.8. The van der Waals surface area contributed by atoms with Gasteiger partial charge >= 0.3 is 0 Å². The van der Waals surface area contributed by atoms with Crippen molar-refractivity contribution in [3.8, 4) is 16.2 Å². The van der Waals surface area contributed by atoms with E-state index >= 15 is 0 Å². The van der Waals surface area contributed by atoms with Crippen molar-refractivity contribution in [3.05, 3.63) is 61.3 Å². The van der Waals surface area contributed by atoms with E-state index in [4.69, 9.17) is 16.3 Å². The number of aromatic nitrogens is 1. The van der Waals surface area contributed by atoms with Gasteiger partial charge in [0.25, 0.3) is 5.56 Å². The number of halogens is 1. The lowest BCUT2D eigenvalue weighted by molar-refractivity contribution is 0.411. The van der Waals surface area contributed by atoms with Crippen molar-refractivity contribution in [1.29, 1.82) is 0 Å². The van der Waals surface area contributed by atoms with E-state index < -0.39 is 5.56 Å². The first-order chi connectivity index (χ1) is 10.1. The Labute approximate surface area is 128 Å². The summed E-state index contributed by atoms with van der Waals surface area (Å²) in [7, 11) is 1.37. The summed E-state index contributed by atoms with van der Waals surface area (Å²) in [5.74, 6) is 0.00905. The second-order valence-corrected chi connectivity index (χ2v) is 5.74. The average Bonchev–Trinajstić information content (AvgIpc) is 2.94. The molecule has 3 aromatic rings. The summed E-state index contributed by atoms with van der Waals surface area (Å²) < 4.78 is 5.17. The molecule has 21 heavy (non-hydrogen) atoms. The maximum absolute atomic E-state index is 12.8. The lowest BCUT2D eigenvalue weighted by Gasteiger charge is -2.00. The lowest BCUT2D eigenvalue weighted by Crippen LogP contribution is -2.09. The van der Waals surface area contributed by atoms with Crippen molar-refractivity contribution in [2.45, 2.75) is 0 Å². The molecule has 2 aromatic heterocycles. The number of aromatic amines is 1. The van der Waals surface area contributed by atoms with Gasteiger partial charge in [0.05, 0.1) is 18.2 Å². The van der Waals surface area contributed by atoms with Gasteiger partial charge in [0, 0.05) is 15.3 Å². The molecule has 0 amide bonds. The molecule has 0 saturated carbocycles. The molecule has 0 saturated heterocycles. The lowest BCUT2D eigenvalue weighted by atomic mass is 10.1. The van der Waals surface area contributed by atoms with Gasteiger partial charge in [-0.2, -0.15) is 0 Å². The first-order valence-corrected chi connectivity index (χ1v) is 7.35. The minimum absolute atomic E-state index is 0.00905. The first kappa shape index (κ1) is 13.9. The highest BCUT2D eigenvalue weighted by atomic mass is 35.5. The standard InChI is InChI=1S/C15H10ClNO3S/c1-20-14-12(11-3-2-6-21-11)13(18)9-5-4-8(16)7-10(9)17-15(14)19/h2-7H,1H3,(H,17,19). The van der Waals surface area contributed by atoms with Gasteiger partial charge in [0.15, 0.2) is 11.2 Å². The molecule has 0 fully saturated rings. The Balaban J connectivity index is 2.58. The Hall–Kier alpha value is -2.11. The van der Waals surface area contributed by atoms with E-state index in [0.717, 1.165) is 0 Å². The van der Waals surface area contributed by atoms with Crippen molar-refractivity contribution in [3.63, 3.8) is 0 Å². The van der Waals surface area contributed by atoms with Crippen LogP contribution in [-0.4, -0.2) is 12.1 Å². The number of hydrogen-bond donors (Lipinski definition) is 1. The maximum atomic E-state index is 12.8. The van der Waals surface area contributed by atoms with E-state index in [1.165, 1.54) is 18.4 Å². The highest BCUT2D eigenvalue weighted by molar-refractivity contribution is 7.13. The molecule has 0 spiro atoms. The zero-order chi connectivity index (χ0) is 15.0. The van der Waals surface area contributed by atoms with E-state index in [0.29, 0.717) is 20.8 Å². The molecule has 1 aromatic carbocycles. The number of rotatable bonds is 2. The topological polar surface area (TPSA) is 59.2 Å². The second-order valence-electron chi connectivity index (χ2n) is 4.36. The monoisotopic (exact) mass is 319 g/mol. The molecular formula is C15H10ClNO3S. The summed E-state index contributed by atoms with van der Waals surface area (Å²) in [5, 5.41) is 2.68. The van der Waals surface area contributed by atoms with Crippen LogP contribution in [0.15, 0.2) is 45.3 Å². The van der Waals surface area contributed by atoms with Crippen LogP contribution in [-0.2, 0) is 0 Å². The van der Waals surface area contributed by atoms with E-state index in [1.54, 1.807) is 24.3 Å². The van der Waals surface area contributed by atoms with Gasteiger partial charge in [-0.3, -0.25) is 9.59 Å². The third-order valence-corrected chi connectivity index (χ3v) is 4.23. The molecule has 0 atom stereocenters. The number of benzene rings is 1. The Morgan fingerprint density at radius 2 is 2.05 bits per heavy atom. The Morgan fingerprint density at radius 3 is 2.71 bits per heavy atom. The van der Waals surface area contributed by atoms with Crippen LogP contribution in [0.4, 0.5) is 0 Å². The predicted octanol–water partition coefficient (Wildman–Crippen LogP) is 3.28. The fourth-order valence-corrected chi connectivity index (χ4v) is 3.12. The minimum atomic E-state index is -0.463. The zero-order valence-corrected chi connectivity index (χ0v) is 12.5. The largest absolute Gasteiger partial charge is 0.491 e. The quantitative estimate of drug-likeness (QED) is 0.788. The average molecular weight is 320 g/mol. The molecule has 0 unspecified atom stereocenters. The van der Waals surface area contributed by atoms with Gasteiger partial charge in [-0.25, -0.2) is 0 Å². The van der Waals surface area contributed by atoms with E-state index in [-0.39, 0.29) is 16.7 Å². The summed E-state index contributed by atoms with van der Waals surface area (Å²) in [5.41, 5.74) is -0.0701. The van der Waals surface area contributed by atoms with Crippen LogP contribution in [0.2, 0.25) is 5.02 Å². The molecule has 4 nitrogen and oxygen atoms in total. The molecule has 106 valence electrons. The number of hydrogen-bond acceptors (Lipinski definition) is 4. The summed E-state index contributed by atoms with van der Waals surface area (Å²) in [6.07, 6.45) is 0. The summed E-state index contributed by atoms with van der Waals surface area (Å²) in [6, 6.07) is 8.38. The third kappa shape index (κ3) is 2.34. The van der Waals surface area contributed by atoms with Crippen LogP contribution >= 0.6 is 22.9 Å². The van der Waals surface area contributed by atoms with Crippen LogP contribution in [0.5, 0.6) is 5.75 Å². The first-order valence-electron chi connectivity index (χ1n) is 6.09. The SMILES string of the molecule is COc1c(-c2cccs2)c(=O)c2ccc(Cl)cc2[nH]c1=O. The van der Waals surface area contributed by atoms with Crippen LogP contribution in [0.1, 0.15) is 0 Å². The summed E-state index contributed by atoms with van der Waals surface area (Å²) in [6.45, 7) is 0. The third-order valence-electron chi connectivity index (χ3n) is 3.11. The zero-order valence-electron chi connectivity index (χ0n) is 11.0. The number of fused-ring (bicyclic) bond motifs is 1. The van der Waals surface area contributed by atoms with Crippen LogP contribution in [0, 0.1) is 0 Å². The van der Waals surface area contributed by atoms with E-state index in [1.807, 2.05) is 11.4 Å². The molecule has 0 aliphatic rings. The second kappa shape index (κ2) is 5.35. The van der Waals surface area contributed by atoms with E-state index in [9.17, 15) is 9.59 Å². The fourth-order valence-electron chi connectivity index (χ4n) is 2.19. The molecule has 0 bridgehead atoms. The van der Waals surface area contributed by atoms with Crippen LogP contribution < -0.4 is 15.7 Å². The van der Waals surface area contributed by atoms with Crippen LogP contribution in [0.3, 0.4) is 0 Å². The number of methoxy groups -OCH3 is 1. The predicted molar refractivity (Wildman–Crippen MR) is 85.7 cm³/mol. The fraction of sp³-hybridized carbons (Fsp3) is 0.0667. The number of thiophene rings is 1. The summed E-state index contributed by atoms with van der Waals surface area (Å²) >= 11 is 7.30. The van der Waals surface area contributed by atoms with Gasteiger partial charge in [-0.1, -0.05) is 17.7 Å². The molecule has 3 rings (SSSR count). The van der Waals surface area contributed by atoms with E-state index in [2.05, 4.69) is 4.98 Å². The van der Waals surface area contributed by atoms with Crippen molar-refractivity contribution in [2.24, 2.45) is 0 Å². The maximum Gasteiger partial charge on any atom is 0.291 e. The van der Waals surface area contributed by atoms with Crippen molar-refractivity contribution in [2.75, 3.05) is 7.11 Å². The van der Waals surface area contributed by atoms with Crippen molar-refractivity contribution >= 4 is 33.8 Å². The number of H-pyrrole nitrogens is 1. The molecule has 1 N–H and O–H groups in total. The van der Waals surface area contributed by atoms with Crippen LogP contribution in [0.25, 0.3) is 21.3 Å². The Kier molecular flexibility index (Phi) is 3.53. The number of ether oxygens (including phenoxy) is 1. The van der Waals surface area contributed by atoms with Gasteiger partial charge in [-0.15, -0.1) is 11.3 Å². The molecule has 0 aliphatic heterocycles. The van der Waals surface area contributed by atoms with Crippen molar-refractivity contribution < 1.29 is 4.74 Å². The molecule has 2 heterocycles. The number of nitrogens with one attached hydrogen (secondary N) is 1. The molecular weight excluding hydrogens is 310 g/mol. The van der Waals surface area contributed by atoms with Gasteiger partial charge in [0.2, 0.25) is 0 Å². The van der Waals surface area contributed by atoms with Gasteiger partial charge in [0.1, 0.15) is 0 Å². The molecule has 0 aliphatic carbocycles. The summed E-state index contributed by atoms with van der Waals surface area (Å²) in [4.78, 5) is 28.4. The van der Waals surface area contributed by atoms with Crippen molar-refractivity contribution in [1.82, 2.24) is 4.98 Å². The Bertz CT molecular complexity index is 932. The highest BCUT2D eigenvalue weighted by Gasteiger charge is 2.16. The Morgan fingerprint density at radius 1 is 1.24 bits per heavy atom. The molecule has 6 heteroatoms. The highest BCUT2D eigenvalue weighted by Crippen LogP contribution is 2.28. The van der Waals surface area contributed by atoms with Gasteiger partial charge < -0.3 is 9.72 Å². The smallest absolute Gasteiger partial charge is 0.291 e. The minimum Gasteiger partial charge on any atom is -0.491 e.